The van der Waals surface area contributed by atoms with E-state index in [1.807, 2.05) is 0 Å². The first-order valence-electron chi connectivity index (χ1n) is 4.47. The number of ketones is 1. The van der Waals surface area contributed by atoms with Gasteiger partial charge in [0.05, 0.1) is 5.56 Å². The molecule has 0 amide bonds. The lowest BCUT2D eigenvalue weighted by Crippen LogP contribution is -2.12. The first kappa shape index (κ1) is 10.4. The van der Waals surface area contributed by atoms with Crippen LogP contribution in [0.1, 0.15) is 10.4 Å². The number of carbonyl (C=O) groups is 1. The third-order valence-corrected chi connectivity index (χ3v) is 2.00. The minimum atomic E-state index is -0.744. The molecule has 0 unspecified atom stereocenters. The fraction of sp³-hybridized carbons (Fsp3) is 0.100. The van der Waals surface area contributed by atoms with Crippen LogP contribution in [0.5, 0.6) is 0 Å². The molecule has 0 bridgehead atoms. The number of hydrogen-bond donors (Lipinski definition) is 0. The maximum absolute atomic E-state index is 13.2. The molecule has 4 nitrogen and oxygen atoms in total. The van der Waals surface area contributed by atoms with Crippen molar-refractivity contribution in [2.24, 2.45) is 0 Å². The summed E-state index contributed by atoms with van der Waals surface area (Å²) in [5, 5.41) is 3.70. The average molecular weight is 223 g/mol. The second kappa shape index (κ2) is 4.18. The van der Waals surface area contributed by atoms with Crippen molar-refractivity contribution in [2.45, 2.75) is 6.54 Å². The van der Waals surface area contributed by atoms with Gasteiger partial charge >= 0.3 is 0 Å². The van der Waals surface area contributed by atoms with Crippen molar-refractivity contribution >= 4 is 5.78 Å². The van der Waals surface area contributed by atoms with Gasteiger partial charge < -0.3 is 0 Å². The molecule has 6 heteroatoms. The van der Waals surface area contributed by atoms with E-state index in [-0.39, 0.29) is 12.1 Å². The SMILES string of the molecule is O=C(Cn1cncn1)c1cc(F)ccc1F. The van der Waals surface area contributed by atoms with Crippen molar-refractivity contribution in [2.75, 3.05) is 0 Å². The number of rotatable bonds is 3. The van der Waals surface area contributed by atoms with Gasteiger partial charge in [0, 0.05) is 0 Å². The van der Waals surface area contributed by atoms with Gasteiger partial charge in [-0.2, -0.15) is 5.10 Å². The van der Waals surface area contributed by atoms with Gasteiger partial charge in [0.2, 0.25) is 0 Å². The zero-order valence-corrected chi connectivity index (χ0v) is 8.10. The Morgan fingerprint density at radius 3 is 2.88 bits per heavy atom. The van der Waals surface area contributed by atoms with Gasteiger partial charge in [0.15, 0.2) is 5.78 Å². The van der Waals surface area contributed by atoms with Gasteiger partial charge in [-0.1, -0.05) is 0 Å². The largest absolute Gasteiger partial charge is 0.292 e. The molecule has 0 spiro atoms. The maximum atomic E-state index is 13.2. The Bertz CT molecular complexity index is 511. The number of hydrogen-bond acceptors (Lipinski definition) is 3. The molecule has 2 aromatic rings. The summed E-state index contributed by atoms with van der Waals surface area (Å²) in [5.41, 5.74) is -0.282. The third kappa shape index (κ3) is 2.10. The van der Waals surface area contributed by atoms with Gasteiger partial charge in [0.25, 0.3) is 0 Å². The zero-order chi connectivity index (χ0) is 11.5. The summed E-state index contributed by atoms with van der Waals surface area (Å²) < 4.78 is 27.3. The summed E-state index contributed by atoms with van der Waals surface area (Å²) in [6.07, 6.45) is 2.59. The second-order valence-electron chi connectivity index (χ2n) is 3.14. The molecule has 0 aliphatic heterocycles. The minimum absolute atomic E-state index is 0.166. The topological polar surface area (TPSA) is 47.8 Å². The van der Waals surface area contributed by atoms with Crippen LogP contribution < -0.4 is 0 Å². The van der Waals surface area contributed by atoms with Gasteiger partial charge in [-0.25, -0.2) is 18.4 Å². The predicted molar refractivity (Wildman–Crippen MR) is 50.7 cm³/mol. The van der Waals surface area contributed by atoms with Crippen LogP contribution in [0.2, 0.25) is 0 Å². The first-order valence-corrected chi connectivity index (χ1v) is 4.47. The van der Waals surface area contributed by atoms with Gasteiger partial charge in [-0.3, -0.25) is 4.79 Å². The van der Waals surface area contributed by atoms with Crippen molar-refractivity contribution in [1.82, 2.24) is 14.8 Å². The van der Waals surface area contributed by atoms with Crippen molar-refractivity contribution < 1.29 is 13.6 Å². The highest BCUT2D eigenvalue weighted by Gasteiger charge is 2.13. The number of aromatic nitrogens is 3. The van der Waals surface area contributed by atoms with E-state index in [4.69, 9.17) is 0 Å². The van der Waals surface area contributed by atoms with Crippen LogP contribution >= 0.6 is 0 Å². The van der Waals surface area contributed by atoms with E-state index in [1.54, 1.807) is 0 Å². The van der Waals surface area contributed by atoms with Crippen molar-refractivity contribution in [3.05, 3.63) is 48.1 Å². The van der Waals surface area contributed by atoms with E-state index in [0.717, 1.165) is 18.2 Å². The van der Waals surface area contributed by atoms with Crippen molar-refractivity contribution in [3.8, 4) is 0 Å². The van der Waals surface area contributed by atoms with E-state index >= 15 is 0 Å². The third-order valence-electron chi connectivity index (χ3n) is 2.00. The smallest absolute Gasteiger partial charge is 0.187 e. The molecule has 0 saturated carbocycles. The van der Waals surface area contributed by atoms with Crippen LogP contribution in [0.4, 0.5) is 8.78 Å². The molecule has 16 heavy (non-hydrogen) atoms. The van der Waals surface area contributed by atoms with Gasteiger partial charge in [-0.15, -0.1) is 0 Å². The highest BCUT2D eigenvalue weighted by Crippen LogP contribution is 2.11. The van der Waals surface area contributed by atoms with Crippen LogP contribution in [0.15, 0.2) is 30.9 Å². The molecule has 2 rings (SSSR count). The Morgan fingerprint density at radius 2 is 2.19 bits per heavy atom. The average Bonchev–Trinajstić information content (AvgIpc) is 2.74. The van der Waals surface area contributed by atoms with Crippen LogP contribution in [-0.4, -0.2) is 20.5 Å². The first-order chi connectivity index (χ1) is 7.66. The van der Waals surface area contributed by atoms with Crippen LogP contribution in [0.25, 0.3) is 0 Å². The molecular formula is C10H7F2N3O. The standard InChI is InChI=1S/C10H7F2N3O/c11-7-1-2-9(12)8(3-7)10(16)4-15-6-13-5-14-15/h1-3,5-6H,4H2. The Hall–Kier alpha value is -2.11. The summed E-state index contributed by atoms with van der Waals surface area (Å²) in [7, 11) is 0. The molecule has 1 aromatic heterocycles. The number of halogens is 2. The Morgan fingerprint density at radius 1 is 1.38 bits per heavy atom. The van der Waals surface area contributed by atoms with E-state index in [2.05, 4.69) is 10.1 Å². The number of benzene rings is 1. The van der Waals surface area contributed by atoms with E-state index in [1.165, 1.54) is 17.3 Å². The molecule has 0 N–H and O–H groups in total. The molecule has 0 radical (unpaired) electrons. The summed E-state index contributed by atoms with van der Waals surface area (Å²) in [6.45, 7) is -0.166. The minimum Gasteiger partial charge on any atom is -0.292 e. The zero-order valence-electron chi connectivity index (χ0n) is 8.10. The molecule has 1 heterocycles. The number of carbonyl (C=O) groups excluding carboxylic acids is 1. The lowest BCUT2D eigenvalue weighted by molar-refractivity contribution is 0.0963. The quantitative estimate of drug-likeness (QED) is 0.740. The molecule has 82 valence electrons. The highest BCUT2D eigenvalue weighted by atomic mass is 19.1. The Kier molecular flexibility index (Phi) is 2.72. The summed E-state index contributed by atoms with van der Waals surface area (Å²) in [5.74, 6) is -1.95. The predicted octanol–water partition coefficient (Wildman–Crippen LogP) is 1.44. The number of Topliss-reactive ketones (excluding diaryl/α,β-unsaturated/α-hetero) is 1. The monoisotopic (exact) mass is 223 g/mol. The van der Waals surface area contributed by atoms with Crippen molar-refractivity contribution in [3.63, 3.8) is 0 Å². The molecule has 0 aliphatic rings. The van der Waals surface area contributed by atoms with Gasteiger partial charge in [0.1, 0.15) is 30.8 Å². The van der Waals surface area contributed by atoms with E-state index in [9.17, 15) is 13.6 Å². The molecule has 0 atom stereocenters. The molecule has 0 saturated heterocycles. The maximum Gasteiger partial charge on any atom is 0.187 e. The summed E-state index contributed by atoms with van der Waals surface area (Å²) in [6, 6.07) is 2.75. The van der Waals surface area contributed by atoms with Crippen LogP contribution in [0, 0.1) is 11.6 Å². The fourth-order valence-corrected chi connectivity index (χ4v) is 1.26. The molecule has 1 aromatic carbocycles. The molecule has 0 aliphatic carbocycles. The molecular weight excluding hydrogens is 216 g/mol. The fourth-order valence-electron chi connectivity index (χ4n) is 1.26. The summed E-state index contributed by atoms with van der Waals surface area (Å²) >= 11 is 0. The highest BCUT2D eigenvalue weighted by molar-refractivity contribution is 5.96. The number of nitrogens with zero attached hydrogens (tertiary/aromatic N) is 3. The van der Waals surface area contributed by atoms with E-state index in [0.29, 0.717) is 0 Å². The summed E-state index contributed by atoms with van der Waals surface area (Å²) in [4.78, 5) is 15.2. The van der Waals surface area contributed by atoms with Gasteiger partial charge in [-0.05, 0) is 18.2 Å². The van der Waals surface area contributed by atoms with Crippen molar-refractivity contribution in [1.29, 1.82) is 0 Å². The lowest BCUT2D eigenvalue weighted by Gasteiger charge is -2.02. The normalized spacial score (nSPS) is 10.4. The molecule has 0 fully saturated rings. The second-order valence-corrected chi connectivity index (χ2v) is 3.14. The van der Waals surface area contributed by atoms with E-state index < -0.39 is 17.4 Å². The Balaban J connectivity index is 2.24. The van der Waals surface area contributed by atoms with Crippen LogP contribution in [0.3, 0.4) is 0 Å². The van der Waals surface area contributed by atoms with Crippen LogP contribution in [-0.2, 0) is 6.54 Å². The lowest BCUT2D eigenvalue weighted by atomic mass is 10.1. The Labute approximate surface area is 89.5 Å².